The maximum Gasteiger partial charge on any atom is 0.490 e. The summed E-state index contributed by atoms with van der Waals surface area (Å²) in [6.07, 6.45) is 2.45. The number of rotatable bonds is 5. The predicted octanol–water partition coefficient (Wildman–Crippen LogP) is 4.43. The summed E-state index contributed by atoms with van der Waals surface area (Å²) in [4.78, 5) is 20.1. The Hall–Kier alpha value is -4.98. The van der Waals surface area contributed by atoms with E-state index in [2.05, 4.69) is 54.6 Å². The van der Waals surface area contributed by atoms with E-state index in [0.29, 0.717) is 13.2 Å². The number of morpholine rings is 1. The van der Waals surface area contributed by atoms with Crippen LogP contribution in [0.3, 0.4) is 0 Å². The summed E-state index contributed by atoms with van der Waals surface area (Å²) in [7, 11) is 1.92. The number of alkyl halides is 3. The van der Waals surface area contributed by atoms with Gasteiger partial charge in [0.25, 0.3) is 0 Å². The lowest BCUT2D eigenvalue weighted by Crippen LogP contribution is -2.37. The average molecular weight is 567 g/mol. The van der Waals surface area contributed by atoms with Crippen molar-refractivity contribution in [3.63, 3.8) is 0 Å². The minimum Gasteiger partial charge on any atom is -0.475 e. The molecule has 0 radical (unpaired) electrons. The van der Waals surface area contributed by atoms with Crippen molar-refractivity contribution >= 4 is 34.2 Å². The molecule has 0 spiro atoms. The Kier molecular flexibility index (Phi) is 7.83. The Labute approximate surface area is 231 Å². The van der Waals surface area contributed by atoms with E-state index in [4.69, 9.17) is 14.6 Å². The van der Waals surface area contributed by atoms with Gasteiger partial charge in [-0.25, -0.2) is 14.5 Å². The van der Waals surface area contributed by atoms with Gasteiger partial charge in [-0.05, 0) is 47.3 Å². The molecule has 1 aliphatic rings. The lowest BCUT2D eigenvalue weighted by Gasteiger charge is -2.25. The zero-order valence-electron chi connectivity index (χ0n) is 21.8. The van der Waals surface area contributed by atoms with Crippen LogP contribution in [0.15, 0.2) is 73.4 Å². The van der Waals surface area contributed by atoms with E-state index in [0.717, 1.165) is 58.1 Å². The third kappa shape index (κ3) is 6.78. The second-order valence-electron chi connectivity index (χ2n) is 9.10. The number of hydrogen-bond acceptors (Lipinski definition) is 8. The molecule has 41 heavy (non-hydrogen) atoms. The molecule has 1 aliphatic heterocycles. The van der Waals surface area contributed by atoms with Crippen molar-refractivity contribution in [1.29, 1.82) is 0 Å². The van der Waals surface area contributed by atoms with Crippen molar-refractivity contribution in [2.75, 3.05) is 36.5 Å². The van der Waals surface area contributed by atoms with Crippen LogP contribution in [-0.2, 0) is 16.6 Å². The Morgan fingerprint density at radius 3 is 2.37 bits per heavy atom. The fourth-order valence-corrected chi connectivity index (χ4v) is 4.09. The van der Waals surface area contributed by atoms with Crippen LogP contribution in [-0.4, -0.2) is 73.1 Å². The molecule has 0 atom stereocenters. The number of carboxylic acids is 1. The summed E-state index contributed by atoms with van der Waals surface area (Å²) < 4.78 is 40.7. The predicted molar refractivity (Wildman–Crippen MR) is 145 cm³/mol. The van der Waals surface area contributed by atoms with Gasteiger partial charge in [0.2, 0.25) is 5.95 Å². The Morgan fingerprint density at radius 1 is 0.976 bits per heavy atom. The Balaban J connectivity index is 0.000000431. The van der Waals surface area contributed by atoms with Crippen LogP contribution in [0.2, 0.25) is 0 Å². The van der Waals surface area contributed by atoms with E-state index < -0.39 is 12.1 Å². The third-order valence-corrected chi connectivity index (χ3v) is 6.18. The van der Waals surface area contributed by atoms with Gasteiger partial charge in [-0.1, -0.05) is 12.1 Å². The maximum atomic E-state index is 10.6. The molecule has 0 bridgehead atoms. The van der Waals surface area contributed by atoms with Crippen LogP contribution in [0.5, 0.6) is 0 Å². The van der Waals surface area contributed by atoms with Crippen molar-refractivity contribution in [3.8, 4) is 16.8 Å². The molecular weight excluding hydrogens is 541 g/mol. The second kappa shape index (κ2) is 11.6. The number of aromatic nitrogens is 6. The minimum absolute atomic E-state index is 0.711. The number of carbonyl (C=O) groups is 1. The number of pyridine rings is 1. The zero-order chi connectivity index (χ0) is 29.0. The molecule has 2 aromatic carbocycles. The number of carboxylic acid groups (broad SMARTS) is 1. The zero-order valence-corrected chi connectivity index (χ0v) is 21.8. The topological polar surface area (TPSA) is 123 Å². The molecule has 11 nitrogen and oxygen atoms in total. The maximum absolute atomic E-state index is 10.6. The number of benzene rings is 2. The van der Waals surface area contributed by atoms with Crippen molar-refractivity contribution < 1.29 is 27.8 Å². The highest BCUT2D eigenvalue weighted by Crippen LogP contribution is 2.26. The van der Waals surface area contributed by atoms with E-state index in [-0.39, 0.29) is 0 Å². The SMILES string of the molecule is Cn1cc(-c2ccc3cnc(Nc4ccc(-n5cnc(N6CCOCC6)n5)cc4)cc3c2)cn1.O=C(O)C(F)(F)F. The molecule has 0 aliphatic carbocycles. The van der Waals surface area contributed by atoms with Gasteiger partial charge in [0, 0.05) is 49.2 Å². The molecule has 0 unspecified atom stereocenters. The van der Waals surface area contributed by atoms with Crippen LogP contribution < -0.4 is 10.2 Å². The van der Waals surface area contributed by atoms with Crippen LogP contribution in [0.1, 0.15) is 0 Å². The summed E-state index contributed by atoms with van der Waals surface area (Å²) in [5, 5.41) is 21.6. The number of nitrogens with zero attached hydrogens (tertiary/aromatic N) is 7. The fourth-order valence-electron chi connectivity index (χ4n) is 4.09. The number of fused-ring (bicyclic) bond motifs is 1. The minimum atomic E-state index is -5.08. The van der Waals surface area contributed by atoms with Crippen molar-refractivity contribution in [2.24, 2.45) is 7.05 Å². The molecule has 1 fully saturated rings. The first-order valence-electron chi connectivity index (χ1n) is 12.5. The monoisotopic (exact) mass is 566 g/mol. The number of aliphatic carboxylic acids is 1. The standard InChI is InChI=1S/C25H24N8O.C2HF3O2/c1-31-16-21(15-28-31)18-2-3-19-14-26-24(13-20(19)12-18)29-22-4-6-23(7-5-22)33-17-27-25(30-33)32-8-10-34-11-9-32;3-2(4,5)1(6)7/h2-7,12-17H,8-11H2,1H3,(H,26,29);(H,6,7). The highest BCUT2D eigenvalue weighted by Gasteiger charge is 2.38. The fraction of sp³-hybridized carbons (Fsp3) is 0.222. The molecule has 4 heterocycles. The van der Waals surface area contributed by atoms with E-state index in [9.17, 15) is 13.2 Å². The number of anilines is 3. The number of halogens is 3. The second-order valence-corrected chi connectivity index (χ2v) is 9.10. The van der Waals surface area contributed by atoms with E-state index in [1.54, 1.807) is 11.0 Å². The summed E-state index contributed by atoms with van der Waals surface area (Å²) in [6, 6.07) is 16.5. The van der Waals surface area contributed by atoms with Crippen molar-refractivity contribution in [2.45, 2.75) is 6.18 Å². The van der Waals surface area contributed by atoms with Gasteiger partial charge in [-0.2, -0.15) is 23.3 Å². The third-order valence-electron chi connectivity index (χ3n) is 6.18. The molecule has 0 amide bonds. The number of aryl methyl sites for hydroxylation is 1. The summed E-state index contributed by atoms with van der Waals surface area (Å²) in [5.41, 5.74) is 4.13. The molecule has 212 valence electrons. The quantitative estimate of drug-likeness (QED) is 0.318. The largest absolute Gasteiger partial charge is 0.490 e. The molecule has 6 rings (SSSR count). The Morgan fingerprint density at radius 2 is 1.71 bits per heavy atom. The molecule has 5 aromatic rings. The summed E-state index contributed by atoms with van der Waals surface area (Å²) in [5.74, 6) is -1.23. The first-order chi connectivity index (χ1) is 19.7. The number of ether oxygens (including phenoxy) is 1. The van der Waals surface area contributed by atoms with E-state index >= 15 is 0 Å². The van der Waals surface area contributed by atoms with Crippen LogP contribution in [0.25, 0.3) is 27.6 Å². The molecule has 14 heteroatoms. The van der Waals surface area contributed by atoms with Crippen molar-refractivity contribution in [1.82, 2.24) is 29.5 Å². The lowest BCUT2D eigenvalue weighted by atomic mass is 10.1. The van der Waals surface area contributed by atoms with Crippen LogP contribution >= 0.6 is 0 Å². The normalized spacial score (nSPS) is 13.5. The van der Waals surface area contributed by atoms with Gasteiger partial charge in [0.1, 0.15) is 12.1 Å². The molecule has 3 aromatic heterocycles. The van der Waals surface area contributed by atoms with Crippen LogP contribution in [0, 0.1) is 0 Å². The van der Waals surface area contributed by atoms with E-state index in [1.807, 2.05) is 54.6 Å². The smallest absolute Gasteiger partial charge is 0.475 e. The average Bonchev–Trinajstić information content (AvgIpc) is 3.63. The first-order valence-corrected chi connectivity index (χ1v) is 12.5. The first kappa shape index (κ1) is 27.6. The highest BCUT2D eigenvalue weighted by molar-refractivity contribution is 5.88. The summed E-state index contributed by atoms with van der Waals surface area (Å²) in [6.45, 7) is 3.05. The van der Waals surface area contributed by atoms with E-state index in [1.165, 1.54) is 0 Å². The molecular formula is C27H25F3N8O3. The van der Waals surface area contributed by atoms with Crippen LogP contribution in [0.4, 0.5) is 30.6 Å². The molecule has 0 saturated carbocycles. The molecule has 1 saturated heterocycles. The van der Waals surface area contributed by atoms with Gasteiger partial charge >= 0.3 is 12.1 Å². The van der Waals surface area contributed by atoms with Gasteiger partial charge < -0.3 is 20.1 Å². The molecule has 2 N–H and O–H groups in total. The lowest BCUT2D eigenvalue weighted by molar-refractivity contribution is -0.192. The number of nitrogens with one attached hydrogen (secondary N) is 1. The van der Waals surface area contributed by atoms with Crippen molar-refractivity contribution in [3.05, 3.63) is 73.4 Å². The Bertz CT molecular complexity index is 1640. The van der Waals surface area contributed by atoms with Gasteiger partial charge in [-0.3, -0.25) is 4.68 Å². The summed E-state index contributed by atoms with van der Waals surface area (Å²) >= 11 is 0. The van der Waals surface area contributed by atoms with Gasteiger partial charge in [0.05, 0.1) is 25.1 Å². The number of hydrogen-bond donors (Lipinski definition) is 2. The van der Waals surface area contributed by atoms with Gasteiger partial charge in [0.15, 0.2) is 0 Å². The van der Waals surface area contributed by atoms with Gasteiger partial charge in [-0.15, -0.1) is 5.10 Å². The highest BCUT2D eigenvalue weighted by atomic mass is 19.4.